The van der Waals surface area contributed by atoms with Crippen molar-refractivity contribution in [3.8, 4) is 0 Å². The van der Waals surface area contributed by atoms with E-state index in [0.29, 0.717) is 5.92 Å². The van der Waals surface area contributed by atoms with E-state index in [0.717, 1.165) is 23.1 Å². The normalized spacial score (nSPS) is 21.4. The Morgan fingerprint density at radius 2 is 2.31 bits per heavy atom. The zero-order valence-corrected chi connectivity index (χ0v) is 10.6. The molecule has 0 radical (unpaired) electrons. The molecule has 0 spiro atoms. The number of hydrogen-bond donors (Lipinski definition) is 1. The average molecular weight is 280 g/mol. The van der Waals surface area contributed by atoms with Crippen molar-refractivity contribution >= 4 is 26.9 Å². The molecular weight excluding hydrogens is 266 g/mol. The van der Waals surface area contributed by atoms with E-state index in [2.05, 4.69) is 39.4 Å². The number of para-hydroxylation sites is 1. The SMILES string of the molecule is Brc1coc2c(C3CCCNC3)cccc12. The van der Waals surface area contributed by atoms with Crippen LogP contribution in [0.15, 0.2) is 33.4 Å². The van der Waals surface area contributed by atoms with Crippen molar-refractivity contribution in [1.82, 2.24) is 5.32 Å². The third-order valence-electron chi connectivity index (χ3n) is 3.32. The molecule has 2 nitrogen and oxygen atoms in total. The van der Waals surface area contributed by atoms with Gasteiger partial charge >= 0.3 is 0 Å². The van der Waals surface area contributed by atoms with Gasteiger partial charge in [-0.05, 0) is 46.9 Å². The fourth-order valence-corrected chi connectivity index (χ4v) is 2.89. The molecule has 16 heavy (non-hydrogen) atoms. The molecule has 1 saturated heterocycles. The lowest BCUT2D eigenvalue weighted by molar-refractivity contribution is 0.459. The second-order valence-electron chi connectivity index (χ2n) is 4.35. The molecule has 0 saturated carbocycles. The van der Waals surface area contributed by atoms with Crippen molar-refractivity contribution in [1.29, 1.82) is 0 Å². The molecule has 1 atom stereocenters. The molecule has 1 aliphatic rings. The van der Waals surface area contributed by atoms with Crippen molar-refractivity contribution in [3.05, 3.63) is 34.5 Å². The summed E-state index contributed by atoms with van der Waals surface area (Å²) in [5, 5.41) is 4.63. The van der Waals surface area contributed by atoms with E-state index in [1.165, 1.54) is 23.8 Å². The number of halogens is 1. The highest BCUT2D eigenvalue weighted by atomic mass is 79.9. The lowest BCUT2D eigenvalue weighted by Crippen LogP contribution is -2.28. The second-order valence-corrected chi connectivity index (χ2v) is 5.21. The van der Waals surface area contributed by atoms with Crippen LogP contribution in [0.25, 0.3) is 11.0 Å². The van der Waals surface area contributed by atoms with Gasteiger partial charge in [0.2, 0.25) is 0 Å². The fourth-order valence-electron chi connectivity index (χ4n) is 2.49. The van der Waals surface area contributed by atoms with Crippen LogP contribution >= 0.6 is 15.9 Å². The number of piperidine rings is 1. The van der Waals surface area contributed by atoms with Gasteiger partial charge in [-0.25, -0.2) is 0 Å². The van der Waals surface area contributed by atoms with Crippen LogP contribution in [0, 0.1) is 0 Å². The number of nitrogens with one attached hydrogen (secondary N) is 1. The molecule has 84 valence electrons. The predicted octanol–water partition coefficient (Wildman–Crippen LogP) is 3.66. The number of benzene rings is 1. The van der Waals surface area contributed by atoms with Gasteiger partial charge in [-0.2, -0.15) is 0 Å². The summed E-state index contributed by atoms with van der Waals surface area (Å²) in [5.41, 5.74) is 2.39. The summed E-state index contributed by atoms with van der Waals surface area (Å²) in [5.74, 6) is 0.593. The molecule has 1 N–H and O–H groups in total. The summed E-state index contributed by atoms with van der Waals surface area (Å²) < 4.78 is 6.71. The maximum absolute atomic E-state index is 5.66. The molecule has 3 rings (SSSR count). The zero-order valence-electron chi connectivity index (χ0n) is 9.00. The Morgan fingerprint density at radius 3 is 3.12 bits per heavy atom. The number of fused-ring (bicyclic) bond motifs is 1. The standard InChI is InChI=1S/C13H14BrNO/c14-12-8-16-13-10(4-1-5-11(12)13)9-3-2-6-15-7-9/h1,4-5,8-9,15H,2-3,6-7H2. The summed E-state index contributed by atoms with van der Waals surface area (Å²) in [6.45, 7) is 2.21. The van der Waals surface area contributed by atoms with E-state index >= 15 is 0 Å². The van der Waals surface area contributed by atoms with Gasteiger partial charge in [0.15, 0.2) is 0 Å². The van der Waals surface area contributed by atoms with Crippen LogP contribution in [0.2, 0.25) is 0 Å². The van der Waals surface area contributed by atoms with Gasteiger partial charge in [0.25, 0.3) is 0 Å². The van der Waals surface area contributed by atoms with Crippen LogP contribution in [0.4, 0.5) is 0 Å². The van der Waals surface area contributed by atoms with Crippen LogP contribution in [0.1, 0.15) is 24.3 Å². The highest BCUT2D eigenvalue weighted by Crippen LogP contribution is 2.34. The molecule has 1 aromatic carbocycles. The second kappa shape index (κ2) is 4.22. The highest BCUT2D eigenvalue weighted by molar-refractivity contribution is 9.10. The van der Waals surface area contributed by atoms with Crippen LogP contribution in [-0.2, 0) is 0 Å². The maximum atomic E-state index is 5.66. The lowest BCUT2D eigenvalue weighted by atomic mass is 9.91. The minimum absolute atomic E-state index is 0.593. The molecule has 1 aliphatic heterocycles. The van der Waals surface area contributed by atoms with Crippen LogP contribution in [-0.4, -0.2) is 13.1 Å². The molecule has 1 unspecified atom stereocenters. The van der Waals surface area contributed by atoms with Gasteiger partial charge in [-0.15, -0.1) is 0 Å². The van der Waals surface area contributed by atoms with Crippen molar-refractivity contribution < 1.29 is 4.42 Å². The largest absolute Gasteiger partial charge is 0.463 e. The maximum Gasteiger partial charge on any atom is 0.138 e. The molecule has 3 heteroatoms. The molecule has 0 bridgehead atoms. The number of hydrogen-bond acceptors (Lipinski definition) is 2. The summed E-state index contributed by atoms with van der Waals surface area (Å²) >= 11 is 3.52. The number of rotatable bonds is 1. The Morgan fingerprint density at radius 1 is 1.38 bits per heavy atom. The predicted molar refractivity (Wildman–Crippen MR) is 68.8 cm³/mol. The first-order chi connectivity index (χ1) is 7.86. The Kier molecular flexibility index (Phi) is 2.74. The molecule has 2 aromatic rings. The van der Waals surface area contributed by atoms with E-state index in [1.807, 2.05) is 0 Å². The summed E-state index contributed by atoms with van der Waals surface area (Å²) in [7, 11) is 0. The molecule has 0 amide bonds. The minimum atomic E-state index is 0.593. The van der Waals surface area contributed by atoms with Crippen molar-refractivity contribution in [3.63, 3.8) is 0 Å². The van der Waals surface area contributed by atoms with Crippen LogP contribution < -0.4 is 5.32 Å². The summed E-state index contributed by atoms with van der Waals surface area (Å²) in [6.07, 6.45) is 4.29. The monoisotopic (exact) mass is 279 g/mol. The first kappa shape index (κ1) is 10.4. The van der Waals surface area contributed by atoms with Gasteiger partial charge in [0.05, 0.1) is 4.47 Å². The first-order valence-corrected chi connectivity index (χ1v) is 6.52. The molecule has 1 aromatic heterocycles. The van der Waals surface area contributed by atoms with Crippen LogP contribution in [0.3, 0.4) is 0 Å². The Balaban J connectivity index is 2.08. The van der Waals surface area contributed by atoms with Gasteiger partial charge in [0, 0.05) is 17.8 Å². The third kappa shape index (κ3) is 1.68. The molecule has 2 heterocycles. The van der Waals surface area contributed by atoms with E-state index in [1.54, 1.807) is 6.26 Å². The van der Waals surface area contributed by atoms with Crippen molar-refractivity contribution in [2.45, 2.75) is 18.8 Å². The molecule has 1 fully saturated rings. The van der Waals surface area contributed by atoms with E-state index < -0.39 is 0 Å². The lowest BCUT2D eigenvalue weighted by Gasteiger charge is -2.23. The van der Waals surface area contributed by atoms with Crippen LogP contribution in [0.5, 0.6) is 0 Å². The van der Waals surface area contributed by atoms with E-state index in [4.69, 9.17) is 4.42 Å². The third-order valence-corrected chi connectivity index (χ3v) is 3.93. The van der Waals surface area contributed by atoms with Gasteiger partial charge in [-0.1, -0.05) is 12.1 Å². The summed E-state index contributed by atoms with van der Waals surface area (Å²) in [6, 6.07) is 6.41. The average Bonchev–Trinajstić information content (AvgIpc) is 2.73. The van der Waals surface area contributed by atoms with Gasteiger partial charge < -0.3 is 9.73 Å². The van der Waals surface area contributed by atoms with E-state index in [-0.39, 0.29) is 0 Å². The zero-order chi connectivity index (χ0) is 11.0. The quantitative estimate of drug-likeness (QED) is 0.862. The fraction of sp³-hybridized carbons (Fsp3) is 0.385. The Labute approximate surface area is 103 Å². The topological polar surface area (TPSA) is 25.2 Å². The Hall–Kier alpha value is -0.800. The van der Waals surface area contributed by atoms with Gasteiger partial charge in [-0.3, -0.25) is 0 Å². The minimum Gasteiger partial charge on any atom is -0.463 e. The summed E-state index contributed by atoms with van der Waals surface area (Å²) in [4.78, 5) is 0. The molecular formula is C13H14BrNO. The number of furan rings is 1. The smallest absolute Gasteiger partial charge is 0.138 e. The molecule has 0 aliphatic carbocycles. The van der Waals surface area contributed by atoms with E-state index in [9.17, 15) is 0 Å². The first-order valence-electron chi connectivity index (χ1n) is 5.72. The van der Waals surface area contributed by atoms with Crippen molar-refractivity contribution in [2.75, 3.05) is 13.1 Å². The highest BCUT2D eigenvalue weighted by Gasteiger charge is 2.19. The van der Waals surface area contributed by atoms with Gasteiger partial charge in [0.1, 0.15) is 11.8 Å². The Bertz CT molecular complexity index is 500. The van der Waals surface area contributed by atoms with Crippen molar-refractivity contribution in [2.24, 2.45) is 0 Å².